The summed E-state index contributed by atoms with van der Waals surface area (Å²) in [6, 6.07) is 10.6. The third-order valence-corrected chi connectivity index (χ3v) is 5.49. The summed E-state index contributed by atoms with van der Waals surface area (Å²) in [5.74, 6) is 0. The first kappa shape index (κ1) is 29.3. The Balaban J connectivity index is 0.000000155. The predicted octanol–water partition coefficient (Wildman–Crippen LogP) is 7.65. The molecule has 10 nitrogen and oxygen atoms in total. The van der Waals surface area contributed by atoms with Crippen molar-refractivity contribution in [3.8, 4) is 22.5 Å². The molecule has 0 aromatic carbocycles. The average molecular weight is 665 g/mol. The molecule has 0 unspecified atom stereocenters. The molecule has 0 spiro atoms. The van der Waals surface area contributed by atoms with E-state index < -0.39 is 5.20 Å². The zero-order chi connectivity index (χ0) is 28.2. The van der Waals surface area contributed by atoms with Crippen molar-refractivity contribution in [1.82, 2.24) is 38.7 Å². The van der Waals surface area contributed by atoms with Gasteiger partial charge in [0, 0.05) is 60.4 Å². The molecule has 0 amide bonds. The maximum absolute atomic E-state index is 11.7. The Hall–Kier alpha value is -2.69. The highest BCUT2D eigenvalue weighted by atomic mass is 36.0. The number of nitrogens with one attached hydrogen (secondary N) is 1. The second kappa shape index (κ2) is 12.7. The van der Waals surface area contributed by atoms with Crippen molar-refractivity contribution >= 4 is 85.0 Å². The standard InChI is InChI=1S/C11H6Cl2N4.C11H7ClN4O.Cl3OP/c12-9-5-7(1-2-14-9)8-6-10-15-3-4-17(10)11(13)16-8;12-9-5-7(1-2-13-9)8-6-10-14-3-4-16(10)11(17)15-8;1-5(2,3)4/h1-6H;1-6H,(H,15,17);. The smallest absolute Gasteiger partial charge is 0.306 e. The van der Waals surface area contributed by atoms with Crippen LogP contribution in [0.1, 0.15) is 0 Å². The van der Waals surface area contributed by atoms with Crippen LogP contribution in [0.4, 0.5) is 0 Å². The van der Waals surface area contributed by atoms with E-state index in [1.807, 2.05) is 12.1 Å². The van der Waals surface area contributed by atoms with Crippen LogP contribution < -0.4 is 5.69 Å². The van der Waals surface area contributed by atoms with Crippen LogP contribution in [0.3, 0.4) is 0 Å². The summed E-state index contributed by atoms with van der Waals surface area (Å²) in [6.07, 6.45) is 9.83. The van der Waals surface area contributed by atoms with Gasteiger partial charge in [-0.1, -0.05) is 23.2 Å². The highest BCUT2D eigenvalue weighted by Crippen LogP contribution is 2.61. The van der Waals surface area contributed by atoms with E-state index in [2.05, 4.69) is 63.6 Å². The zero-order valence-corrected chi connectivity index (χ0v) is 24.5. The monoisotopic (exact) mass is 662 g/mol. The van der Waals surface area contributed by atoms with Gasteiger partial charge >= 0.3 is 10.9 Å². The Morgan fingerprint density at radius 2 is 1.26 bits per heavy atom. The molecule has 0 saturated carbocycles. The molecule has 0 aliphatic heterocycles. The molecule has 1 N–H and O–H groups in total. The topological polar surface area (TPSA) is 123 Å². The Morgan fingerprint density at radius 1 is 0.718 bits per heavy atom. The van der Waals surface area contributed by atoms with Crippen LogP contribution in [0.5, 0.6) is 0 Å². The van der Waals surface area contributed by atoms with Gasteiger partial charge in [0.25, 0.3) is 0 Å². The molecule has 17 heteroatoms. The van der Waals surface area contributed by atoms with Crippen molar-refractivity contribution < 1.29 is 4.57 Å². The largest absolute Gasteiger partial charge is 0.339 e. The molecular formula is C22H13Cl6N8O2P. The van der Waals surface area contributed by atoms with E-state index in [1.54, 1.807) is 65.8 Å². The third-order valence-electron chi connectivity index (χ3n) is 4.81. The van der Waals surface area contributed by atoms with Crippen molar-refractivity contribution in [2.45, 2.75) is 0 Å². The van der Waals surface area contributed by atoms with E-state index in [0.717, 1.165) is 22.5 Å². The van der Waals surface area contributed by atoms with Crippen LogP contribution in [0.15, 0.2) is 78.4 Å². The van der Waals surface area contributed by atoms with Crippen LogP contribution in [-0.2, 0) is 4.57 Å². The fourth-order valence-electron chi connectivity index (χ4n) is 3.25. The highest BCUT2D eigenvalue weighted by Gasteiger charge is 2.07. The Morgan fingerprint density at radius 3 is 1.87 bits per heavy atom. The summed E-state index contributed by atoms with van der Waals surface area (Å²) < 4.78 is 12.7. The number of imidazole rings is 2. The quantitative estimate of drug-likeness (QED) is 0.115. The second-order valence-electron chi connectivity index (χ2n) is 7.34. The number of nitrogens with zero attached hydrogens (tertiary/aromatic N) is 7. The lowest BCUT2D eigenvalue weighted by Gasteiger charge is -2.03. The van der Waals surface area contributed by atoms with E-state index in [4.69, 9.17) is 34.8 Å². The minimum Gasteiger partial charge on any atom is -0.306 e. The summed E-state index contributed by atoms with van der Waals surface area (Å²) in [7, 11) is 0. The maximum Gasteiger partial charge on any atom is 0.339 e. The number of rotatable bonds is 2. The van der Waals surface area contributed by atoms with Gasteiger partial charge < -0.3 is 4.98 Å². The number of hydrogen-bond donors (Lipinski definition) is 1. The third kappa shape index (κ3) is 8.16. The first-order valence-electron chi connectivity index (χ1n) is 10.5. The predicted molar refractivity (Wildman–Crippen MR) is 155 cm³/mol. The summed E-state index contributed by atoms with van der Waals surface area (Å²) in [5.41, 5.74) is 4.15. The van der Waals surface area contributed by atoms with Gasteiger partial charge in [0.1, 0.15) is 21.6 Å². The highest BCUT2D eigenvalue weighted by molar-refractivity contribution is 8.24. The molecule has 0 aliphatic rings. The van der Waals surface area contributed by atoms with Crippen molar-refractivity contribution in [3.63, 3.8) is 0 Å². The van der Waals surface area contributed by atoms with E-state index >= 15 is 0 Å². The SMILES string of the molecule is Clc1cc(-c2cc3nccn3c(Cl)n2)ccn1.O=P(Cl)(Cl)Cl.O=c1[nH]c(-c2ccnc(Cl)c2)cc2nccn12. The lowest BCUT2D eigenvalue weighted by molar-refractivity contribution is 0.600. The number of hydrogen-bond acceptors (Lipinski definition) is 7. The lowest BCUT2D eigenvalue weighted by atomic mass is 10.2. The van der Waals surface area contributed by atoms with Gasteiger partial charge in [0.05, 0.1) is 11.4 Å². The Kier molecular flexibility index (Phi) is 9.51. The fourth-order valence-corrected chi connectivity index (χ4v) is 3.84. The molecule has 0 radical (unpaired) electrons. The van der Waals surface area contributed by atoms with E-state index in [-0.39, 0.29) is 5.69 Å². The Bertz CT molecular complexity index is 1860. The molecule has 0 bridgehead atoms. The summed E-state index contributed by atoms with van der Waals surface area (Å²) in [4.78, 5) is 34.9. The molecule has 0 saturated heterocycles. The van der Waals surface area contributed by atoms with E-state index in [0.29, 0.717) is 26.9 Å². The molecule has 0 aliphatic carbocycles. The van der Waals surface area contributed by atoms with Crippen molar-refractivity contribution in [2.75, 3.05) is 0 Å². The number of pyridine rings is 2. The normalized spacial score (nSPS) is 11.0. The van der Waals surface area contributed by atoms with Crippen molar-refractivity contribution in [2.24, 2.45) is 0 Å². The Labute approximate surface area is 249 Å². The first-order chi connectivity index (χ1) is 18.5. The molecule has 6 heterocycles. The number of aromatic nitrogens is 8. The van der Waals surface area contributed by atoms with Gasteiger partial charge in [-0.05, 0) is 69.6 Å². The van der Waals surface area contributed by atoms with Gasteiger partial charge in [-0.2, -0.15) is 0 Å². The number of halogens is 6. The lowest BCUT2D eigenvalue weighted by Crippen LogP contribution is -2.15. The van der Waals surface area contributed by atoms with Crippen molar-refractivity contribution in [1.29, 1.82) is 0 Å². The van der Waals surface area contributed by atoms with E-state index in [9.17, 15) is 9.36 Å². The van der Waals surface area contributed by atoms with Crippen molar-refractivity contribution in [3.05, 3.63) is 99.7 Å². The van der Waals surface area contributed by atoms with E-state index in [1.165, 1.54) is 4.40 Å². The molecule has 6 rings (SSSR count). The number of aromatic amines is 1. The molecule has 0 atom stereocenters. The zero-order valence-electron chi connectivity index (χ0n) is 19.1. The van der Waals surface area contributed by atoms with Crippen LogP contribution in [0, 0.1) is 0 Å². The molecular weight excluding hydrogens is 652 g/mol. The summed E-state index contributed by atoms with van der Waals surface area (Å²) in [6.45, 7) is 0. The van der Waals surface area contributed by atoms with Crippen LogP contribution in [0.25, 0.3) is 33.8 Å². The van der Waals surface area contributed by atoms with Crippen LogP contribution in [-0.4, -0.2) is 38.7 Å². The van der Waals surface area contributed by atoms with Crippen LogP contribution >= 0.6 is 73.7 Å². The fraction of sp³-hybridized carbons (Fsp3) is 0. The van der Waals surface area contributed by atoms with Gasteiger partial charge in [-0.3, -0.25) is 13.4 Å². The van der Waals surface area contributed by atoms with Gasteiger partial charge in [-0.25, -0.2) is 29.7 Å². The summed E-state index contributed by atoms with van der Waals surface area (Å²) in [5, 5.41) is -2.06. The molecule has 6 aromatic heterocycles. The maximum atomic E-state index is 11.7. The summed E-state index contributed by atoms with van der Waals surface area (Å²) >= 11 is 31.6. The molecule has 200 valence electrons. The molecule has 0 fully saturated rings. The number of H-pyrrole nitrogens is 1. The van der Waals surface area contributed by atoms with Crippen LogP contribution in [0.2, 0.25) is 15.6 Å². The minimum atomic E-state index is -3.22. The molecule has 6 aromatic rings. The second-order valence-corrected chi connectivity index (χ2v) is 15.1. The van der Waals surface area contributed by atoms with Gasteiger partial charge in [0.15, 0.2) is 0 Å². The minimum absolute atomic E-state index is 0.233. The number of fused-ring (bicyclic) bond motifs is 2. The van der Waals surface area contributed by atoms with Gasteiger partial charge in [-0.15, -0.1) is 0 Å². The first-order valence-corrected chi connectivity index (χ1v) is 16.0. The molecule has 39 heavy (non-hydrogen) atoms. The average Bonchev–Trinajstić information content (AvgIpc) is 3.54. The van der Waals surface area contributed by atoms with Gasteiger partial charge in [0.2, 0.25) is 5.28 Å².